The third kappa shape index (κ3) is 5.58. The Bertz CT molecular complexity index is 1140. The molecule has 0 radical (unpaired) electrons. The summed E-state index contributed by atoms with van der Waals surface area (Å²) >= 11 is 5.88. The molecule has 170 valence electrons. The number of nitrogens with one attached hydrogen (secondary N) is 1. The highest BCUT2D eigenvalue weighted by Crippen LogP contribution is 2.32. The molecule has 0 saturated carbocycles. The van der Waals surface area contributed by atoms with Crippen molar-refractivity contribution in [2.24, 2.45) is 0 Å². The number of carbonyl (C=O) groups excluding carboxylic acids is 1. The van der Waals surface area contributed by atoms with Gasteiger partial charge in [0.15, 0.2) is 5.69 Å². The van der Waals surface area contributed by atoms with Crippen molar-refractivity contribution in [1.82, 2.24) is 15.1 Å². The summed E-state index contributed by atoms with van der Waals surface area (Å²) in [5.41, 5.74) is -2.66. The zero-order valence-corrected chi connectivity index (χ0v) is 16.6. The molecule has 0 bridgehead atoms. The van der Waals surface area contributed by atoms with Gasteiger partial charge in [-0.1, -0.05) is 23.7 Å². The second-order valence-corrected chi connectivity index (χ2v) is 7.11. The number of aromatic nitrogens is 2. The van der Waals surface area contributed by atoms with Gasteiger partial charge in [-0.3, -0.25) is 4.79 Å². The van der Waals surface area contributed by atoms with E-state index in [1.807, 2.05) is 0 Å². The molecule has 12 heteroatoms. The van der Waals surface area contributed by atoms with Crippen molar-refractivity contribution in [2.45, 2.75) is 25.3 Å². The number of halogens is 8. The third-order valence-electron chi connectivity index (χ3n) is 4.29. The summed E-state index contributed by atoms with van der Waals surface area (Å²) < 4.78 is 92.1. The molecule has 1 amide bonds. The van der Waals surface area contributed by atoms with E-state index in [0.29, 0.717) is 12.1 Å². The van der Waals surface area contributed by atoms with Crippen LogP contribution in [-0.2, 0) is 30.1 Å². The Balaban J connectivity index is 1.79. The van der Waals surface area contributed by atoms with E-state index in [1.54, 1.807) is 0 Å². The summed E-state index contributed by atoms with van der Waals surface area (Å²) in [7, 11) is 0. The predicted octanol–water partition coefficient (Wildman–Crippen LogP) is 5.56. The van der Waals surface area contributed by atoms with Gasteiger partial charge in [-0.15, -0.1) is 0 Å². The molecule has 2 aromatic carbocycles. The number of alkyl halides is 6. The molecule has 0 atom stereocenters. The standard InChI is InChI=1S/C20H13ClF7N3O/c21-12-2-1-3-13(8-12)31-14(9-17(30-31)20(26,27)28)10-29-18(32)7-11-4-5-16(22)15(6-11)19(23,24)25/h1-6,8-9H,7,10H2,(H,29,32). The predicted molar refractivity (Wildman–Crippen MR) is 101 cm³/mol. The fourth-order valence-corrected chi connectivity index (χ4v) is 3.04. The Hall–Kier alpha value is -3.08. The monoisotopic (exact) mass is 479 g/mol. The van der Waals surface area contributed by atoms with Crippen LogP contribution in [0, 0.1) is 5.82 Å². The Morgan fingerprint density at radius 3 is 2.34 bits per heavy atom. The topological polar surface area (TPSA) is 46.9 Å². The molecule has 1 N–H and O–H groups in total. The molecule has 0 aliphatic carbocycles. The van der Waals surface area contributed by atoms with Crippen LogP contribution in [0.1, 0.15) is 22.5 Å². The van der Waals surface area contributed by atoms with Gasteiger partial charge in [0.1, 0.15) is 5.82 Å². The molecule has 1 aromatic heterocycles. The Morgan fingerprint density at radius 1 is 1.00 bits per heavy atom. The zero-order valence-electron chi connectivity index (χ0n) is 15.9. The van der Waals surface area contributed by atoms with Crippen molar-refractivity contribution in [3.05, 3.63) is 81.9 Å². The van der Waals surface area contributed by atoms with Crippen LogP contribution < -0.4 is 5.32 Å². The fourth-order valence-electron chi connectivity index (χ4n) is 2.85. The highest BCUT2D eigenvalue weighted by atomic mass is 35.5. The lowest BCUT2D eigenvalue weighted by atomic mass is 10.1. The van der Waals surface area contributed by atoms with Crippen LogP contribution in [0.2, 0.25) is 5.02 Å². The Kier molecular flexibility index (Phi) is 6.49. The minimum absolute atomic E-state index is 0.0389. The molecule has 0 aliphatic heterocycles. The van der Waals surface area contributed by atoms with Gasteiger partial charge in [0, 0.05) is 5.02 Å². The maximum absolute atomic E-state index is 13.4. The summed E-state index contributed by atoms with van der Waals surface area (Å²) in [4.78, 5) is 12.2. The van der Waals surface area contributed by atoms with Crippen molar-refractivity contribution in [2.75, 3.05) is 0 Å². The summed E-state index contributed by atoms with van der Waals surface area (Å²) in [5.74, 6) is -2.26. The molecular weight excluding hydrogens is 467 g/mol. The lowest BCUT2D eigenvalue weighted by molar-refractivity contribution is -0.141. The molecule has 0 unspecified atom stereocenters. The second-order valence-electron chi connectivity index (χ2n) is 6.68. The van der Waals surface area contributed by atoms with Crippen molar-refractivity contribution >= 4 is 17.5 Å². The molecule has 32 heavy (non-hydrogen) atoms. The molecule has 0 saturated heterocycles. The van der Waals surface area contributed by atoms with E-state index in [-0.39, 0.29) is 22.0 Å². The molecule has 0 aliphatic rings. The quantitative estimate of drug-likeness (QED) is 0.487. The first kappa shape index (κ1) is 23.6. The Morgan fingerprint density at radius 2 is 1.72 bits per heavy atom. The lowest BCUT2D eigenvalue weighted by Gasteiger charge is -2.11. The highest BCUT2D eigenvalue weighted by Gasteiger charge is 2.35. The number of hydrogen-bond donors (Lipinski definition) is 1. The normalized spacial score (nSPS) is 12.1. The van der Waals surface area contributed by atoms with Gasteiger partial charge in [-0.25, -0.2) is 9.07 Å². The number of rotatable bonds is 5. The molecule has 0 fully saturated rings. The lowest BCUT2D eigenvalue weighted by Crippen LogP contribution is -2.26. The molecule has 1 heterocycles. The summed E-state index contributed by atoms with van der Waals surface area (Å²) in [5, 5.41) is 6.10. The summed E-state index contributed by atoms with van der Waals surface area (Å²) in [6.45, 7) is -0.401. The molecule has 3 rings (SSSR count). The third-order valence-corrected chi connectivity index (χ3v) is 4.53. The molecule has 4 nitrogen and oxygen atoms in total. The van der Waals surface area contributed by atoms with Crippen LogP contribution in [0.3, 0.4) is 0 Å². The van der Waals surface area contributed by atoms with Gasteiger partial charge in [0.25, 0.3) is 0 Å². The van der Waals surface area contributed by atoms with Gasteiger partial charge in [-0.2, -0.15) is 31.4 Å². The van der Waals surface area contributed by atoms with E-state index < -0.39 is 48.3 Å². The van der Waals surface area contributed by atoms with E-state index in [0.717, 1.165) is 16.8 Å². The van der Waals surface area contributed by atoms with Crippen LogP contribution in [-0.4, -0.2) is 15.7 Å². The van der Waals surface area contributed by atoms with Crippen molar-refractivity contribution in [3.63, 3.8) is 0 Å². The summed E-state index contributed by atoms with van der Waals surface area (Å²) in [6.07, 6.45) is -10.2. The van der Waals surface area contributed by atoms with Gasteiger partial charge in [-0.05, 0) is 42.0 Å². The van der Waals surface area contributed by atoms with Crippen LogP contribution in [0.4, 0.5) is 30.7 Å². The molecule has 3 aromatic rings. The number of benzene rings is 2. The first-order valence-corrected chi connectivity index (χ1v) is 9.27. The number of amides is 1. The highest BCUT2D eigenvalue weighted by molar-refractivity contribution is 6.30. The van der Waals surface area contributed by atoms with Gasteiger partial charge >= 0.3 is 12.4 Å². The summed E-state index contributed by atoms with van der Waals surface area (Å²) in [6, 6.07) is 8.70. The first-order valence-electron chi connectivity index (χ1n) is 8.89. The fraction of sp³-hybridized carbons (Fsp3) is 0.200. The van der Waals surface area contributed by atoms with Crippen LogP contribution in [0.5, 0.6) is 0 Å². The maximum Gasteiger partial charge on any atom is 0.435 e. The molecular formula is C20H13ClF7N3O. The van der Waals surface area contributed by atoms with Crippen molar-refractivity contribution < 1.29 is 35.5 Å². The van der Waals surface area contributed by atoms with Crippen LogP contribution >= 0.6 is 11.6 Å². The molecule has 0 spiro atoms. The van der Waals surface area contributed by atoms with Crippen molar-refractivity contribution in [3.8, 4) is 5.69 Å². The van der Waals surface area contributed by atoms with E-state index in [1.165, 1.54) is 24.3 Å². The smallest absolute Gasteiger partial charge is 0.350 e. The van der Waals surface area contributed by atoms with Gasteiger partial charge in [0.05, 0.1) is 29.9 Å². The first-order chi connectivity index (χ1) is 14.8. The van der Waals surface area contributed by atoms with Gasteiger partial charge < -0.3 is 5.32 Å². The second kappa shape index (κ2) is 8.81. The number of nitrogens with zero attached hydrogens (tertiary/aromatic N) is 2. The SMILES string of the molecule is O=C(Cc1ccc(F)c(C(F)(F)F)c1)NCc1cc(C(F)(F)F)nn1-c1cccc(Cl)c1. The van der Waals surface area contributed by atoms with Gasteiger partial charge in [0.2, 0.25) is 5.91 Å². The average Bonchev–Trinajstić information content (AvgIpc) is 3.12. The van der Waals surface area contributed by atoms with Crippen LogP contribution in [0.15, 0.2) is 48.5 Å². The van der Waals surface area contributed by atoms with Crippen LogP contribution in [0.25, 0.3) is 5.69 Å². The Labute approximate surface area is 181 Å². The van der Waals surface area contributed by atoms with E-state index in [9.17, 15) is 35.5 Å². The number of hydrogen-bond acceptors (Lipinski definition) is 2. The minimum atomic E-state index is -4.94. The minimum Gasteiger partial charge on any atom is -0.350 e. The van der Waals surface area contributed by atoms with Crippen molar-refractivity contribution in [1.29, 1.82) is 0 Å². The van der Waals surface area contributed by atoms with E-state index in [2.05, 4.69) is 10.4 Å². The maximum atomic E-state index is 13.4. The zero-order chi connectivity index (χ0) is 23.7. The largest absolute Gasteiger partial charge is 0.435 e. The van der Waals surface area contributed by atoms with E-state index >= 15 is 0 Å². The number of carbonyl (C=O) groups is 1. The van der Waals surface area contributed by atoms with E-state index in [4.69, 9.17) is 11.6 Å². The average molecular weight is 480 g/mol.